The molecule has 2 aromatic rings. The lowest BCUT2D eigenvalue weighted by molar-refractivity contribution is -0.129. The highest BCUT2D eigenvalue weighted by Gasteiger charge is 2.16. The molecule has 7 nitrogen and oxygen atoms in total. The van der Waals surface area contributed by atoms with E-state index >= 15 is 0 Å². The van der Waals surface area contributed by atoms with E-state index < -0.39 is 5.97 Å². The van der Waals surface area contributed by atoms with E-state index in [-0.39, 0.29) is 31.4 Å². The Hall–Kier alpha value is -3.22. The summed E-state index contributed by atoms with van der Waals surface area (Å²) in [4.78, 5) is 41.7. The van der Waals surface area contributed by atoms with Crippen molar-refractivity contribution in [1.82, 2.24) is 9.88 Å². The molecule has 1 aromatic carbocycles. The first kappa shape index (κ1) is 20.1. The Labute approximate surface area is 158 Å². The van der Waals surface area contributed by atoms with Gasteiger partial charge in [0.05, 0.1) is 17.9 Å². The lowest BCUT2D eigenvalue weighted by Crippen LogP contribution is -2.31. The number of hydrogen-bond donors (Lipinski definition) is 1. The molecule has 1 heterocycles. The maximum atomic E-state index is 12.3. The van der Waals surface area contributed by atoms with Crippen LogP contribution in [0.25, 0.3) is 0 Å². The van der Waals surface area contributed by atoms with Crippen molar-refractivity contribution in [2.75, 3.05) is 18.5 Å². The number of ether oxygens (including phenoxy) is 1. The minimum absolute atomic E-state index is 0.113. The van der Waals surface area contributed by atoms with Crippen molar-refractivity contribution in [3.05, 3.63) is 59.9 Å². The van der Waals surface area contributed by atoms with Crippen LogP contribution in [0.2, 0.25) is 0 Å². The molecule has 7 heteroatoms. The number of esters is 1. The molecule has 2 amide bonds. The second kappa shape index (κ2) is 10.1. The van der Waals surface area contributed by atoms with Gasteiger partial charge in [0.1, 0.15) is 0 Å². The molecule has 1 N–H and O–H groups in total. The van der Waals surface area contributed by atoms with Gasteiger partial charge in [-0.15, -0.1) is 0 Å². The number of nitrogens with one attached hydrogen (secondary N) is 1. The zero-order valence-corrected chi connectivity index (χ0v) is 15.5. The number of aromatic nitrogens is 1. The molecule has 0 bridgehead atoms. The molecule has 0 saturated heterocycles. The van der Waals surface area contributed by atoms with Crippen molar-refractivity contribution < 1.29 is 19.1 Å². The molecular weight excluding hydrogens is 346 g/mol. The highest BCUT2D eigenvalue weighted by atomic mass is 16.5. The van der Waals surface area contributed by atoms with Gasteiger partial charge in [-0.25, -0.2) is 4.79 Å². The summed E-state index contributed by atoms with van der Waals surface area (Å²) in [5.74, 6) is -0.893. The molecule has 0 unspecified atom stereocenters. The van der Waals surface area contributed by atoms with Gasteiger partial charge in [-0.2, -0.15) is 0 Å². The summed E-state index contributed by atoms with van der Waals surface area (Å²) in [6.45, 7) is 4.12. The summed E-state index contributed by atoms with van der Waals surface area (Å²) in [6, 6.07) is 10.3. The van der Waals surface area contributed by atoms with E-state index in [1.165, 1.54) is 6.92 Å². The van der Waals surface area contributed by atoms with Crippen molar-refractivity contribution in [3.8, 4) is 0 Å². The fourth-order valence-corrected chi connectivity index (χ4v) is 2.48. The molecule has 1 aromatic heterocycles. The highest BCUT2D eigenvalue weighted by Crippen LogP contribution is 2.16. The number of rotatable bonds is 8. The van der Waals surface area contributed by atoms with Gasteiger partial charge < -0.3 is 15.0 Å². The number of pyridine rings is 1. The summed E-state index contributed by atoms with van der Waals surface area (Å²) in [5, 5.41) is 2.72. The van der Waals surface area contributed by atoms with Crippen LogP contribution in [-0.2, 0) is 20.9 Å². The van der Waals surface area contributed by atoms with Crippen molar-refractivity contribution in [2.45, 2.75) is 26.8 Å². The number of carbonyl (C=O) groups excluding carboxylic acids is 3. The number of hydrogen-bond acceptors (Lipinski definition) is 5. The Morgan fingerprint density at radius 1 is 1.11 bits per heavy atom. The van der Waals surface area contributed by atoms with Crippen LogP contribution in [-0.4, -0.2) is 40.8 Å². The zero-order valence-electron chi connectivity index (χ0n) is 15.5. The summed E-state index contributed by atoms with van der Waals surface area (Å²) < 4.78 is 5.00. The van der Waals surface area contributed by atoms with E-state index in [9.17, 15) is 14.4 Å². The minimum Gasteiger partial charge on any atom is -0.462 e. The molecule has 2 rings (SSSR count). The van der Waals surface area contributed by atoms with Crippen LogP contribution in [0.15, 0.2) is 48.8 Å². The van der Waals surface area contributed by atoms with Gasteiger partial charge in [0, 0.05) is 38.8 Å². The Kier molecular flexibility index (Phi) is 7.49. The molecule has 0 aliphatic heterocycles. The van der Waals surface area contributed by atoms with Crippen molar-refractivity contribution in [1.29, 1.82) is 0 Å². The third-order valence-corrected chi connectivity index (χ3v) is 3.87. The second-order valence-electron chi connectivity index (χ2n) is 5.86. The van der Waals surface area contributed by atoms with Crippen LogP contribution in [0.4, 0.5) is 5.69 Å². The van der Waals surface area contributed by atoms with E-state index in [4.69, 9.17) is 4.74 Å². The number of amides is 2. The fraction of sp³-hybridized carbons (Fsp3) is 0.300. The Bertz CT molecular complexity index is 793. The first-order valence-corrected chi connectivity index (χ1v) is 8.71. The molecule has 0 saturated carbocycles. The highest BCUT2D eigenvalue weighted by molar-refractivity contribution is 6.01. The van der Waals surface area contributed by atoms with Crippen LogP contribution in [0.3, 0.4) is 0 Å². The lowest BCUT2D eigenvalue weighted by atomic mass is 10.1. The van der Waals surface area contributed by atoms with E-state index in [1.807, 2.05) is 12.1 Å². The Morgan fingerprint density at radius 2 is 1.81 bits per heavy atom. The van der Waals surface area contributed by atoms with Gasteiger partial charge in [0.2, 0.25) is 11.8 Å². The number of carbonyl (C=O) groups is 3. The average molecular weight is 369 g/mol. The monoisotopic (exact) mass is 369 g/mol. The lowest BCUT2D eigenvalue weighted by Gasteiger charge is -2.21. The Balaban J connectivity index is 1.97. The Morgan fingerprint density at radius 3 is 2.48 bits per heavy atom. The summed E-state index contributed by atoms with van der Waals surface area (Å²) in [6.07, 6.45) is 3.43. The SMILES string of the molecule is CCOC(=O)c1ccccc1NC(=O)CCN(Cc1ccncc1)C(C)=O. The first-order chi connectivity index (χ1) is 13.0. The molecular formula is C20H23N3O4. The molecule has 0 aliphatic rings. The van der Waals surface area contributed by atoms with Gasteiger partial charge in [0.25, 0.3) is 0 Å². The van der Waals surface area contributed by atoms with Crippen LogP contribution < -0.4 is 5.32 Å². The third-order valence-electron chi connectivity index (χ3n) is 3.87. The summed E-state index contributed by atoms with van der Waals surface area (Å²) >= 11 is 0. The molecule has 142 valence electrons. The number of anilines is 1. The smallest absolute Gasteiger partial charge is 0.340 e. The van der Waals surface area contributed by atoms with Crippen molar-refractivity contribution in [3.63, 3.8) is 0 Å². The molecule has 0 aliphatic carbocycles. The van der Waals surface area contributed by atoms with Gasteiger partial charge in [-0.3, -0.25) is 14.6 Å². The predicted molar refractivity (Wildman–Crippen MR) is 101 cm³/mol. The quantitative estimate of drug-likeness (QED) is 0.723. The van der Waals surface area contributed by atoms with Crippen molar-refractivity contribution in [2.24, 2.45) is 0 Å². The normalized spacial score (nSPS) is 10.1. The minimum atomic E-state index is -0.489. The molecule has 0 radical (unpaired) electrons. The van der Waals surface area contributed by atoms with Crippen LogP contribution in [0.1, 0.15) is 36.2 Å². The second-order valence-corrected chi connectivity index (χ2v) is 5.86. The number of nitrogens with zero attached hydrogens (tertiary/aromatic N) is 2. The zero-order chi connectivity index (χ0) is 19.6. The number of benzene rings is 1. The maximum absolute atomic E-state index is 12.3. The standard InChI is InChI=1S/C20H23N3O4/c1-3-27-20(26)17-6-4-5-7-18(17)22-19(25)10-13-23(15(2)24)14-16-8-11-21-12-9-16/h4-9,11-12H,3,10,13-14H2,1-2H3,(H,22,25). The summed E-state index contributed by atoms with van der Waals surface area (Å²) in [5.41, 5.74) is 1.63. The van der Waals surface area contributed by atoms with Gasteiger partial charge in [0.15, 0.2) is 0 Å². The van der Waals surface area contributed by atoms with Crippen LogP contribution in [0.5, 0.6) is 0 Å². The fourth-order valence-electron chi connectivity index (χ4n) is 2.48. The van der Waals surface area contributed by atoms with Crippen LogP contribution >= 0.6 is 0 Å². The molecule has 0 atom stereocenters. The van der Waals surface area contributed by atoms with Gasteiger partial charge in [-0.1, -0.05) is 12.1 Å². The van der Waals surface area contributed by atoms with Crippen molar-refractivity contribution >= 4 is 23.5 Å². The van der Waals surface area contributed by atoms with E-state index in [0.29, 0.717) is 17.8 Å². The van der Waals surface area contributed by atoms with Crippen LogP contribution in [0, 0.1) is 0 Å². The van der Waals surface area contributed by atoms with E-state index in [2.05, 4.69) is 10.3 Å². The summed E-state index contributed by atoms with van der Waals surface area (Å²) in [7, 11) is 0. The largest absolute Gasteiger partial charge is 0.462 e. The van der Waals surface area contributed by atoms with Gasteiger partial charge >= 0.3 is 5.97 Å². The number of para-hydroxylation sites is 1. The maximum Gasteiger partial charge on any atom is 0.340 e. The molecule has 0 fully saturated rings. The molecule has 27 heavy (non-hydrogen) atoms. The van der Waals surface area contributed by atoms with E-state index in [1.54, 1.807) is 48.5 Å². The third kappa shape index (κ3) is 6.22. The van der Waals surface area contributed by atoms with E-state index in [0.717, 1.165) is 5.56 Å². The topological polar surface area (TPSA) is 88.6 Å². The average Bonchev–Trinajstić information content (AvgIpc) is 2.66. The van der Waals surface area contributed by atoms with Gasteiger partial charge in [-0.05, 0) is 36.8 Å². The predicted octanol–water partition coefficient (Wildman–Crippen LogP) is 2.64. The molecule has 0 spiro atoms. The first-order valence-electron chi connectivity index (χ1n) is 8.71.